The van der Waals surface area contributed by atoms with Crippen molar-refractivity contribution in [3.63, 3.8) is 0 Å². The Morgan fingerprint density at radius 2 is 1.94 bits per heavy atom. The second-order valence-corrected chi connectivity index (χ2v) is 6.33. The van der Waals surface area contributed by atoms with Crippen molar-refractivity contribution < 1.29 is 19.1 Å². The number of ketones is 2. The van der Waals surface area contributed by atoms with Crippen molar-refractivity contribution in [1.29, 1.82) is 0 Å². The van der Waals surface area contributed by atoms with Crippen molar-refractivity contribution in [3.8, 4) is 0 Å². The molecule has 2 rings (SSSR count). The summed E-state index contributed by atoms with van der Waals surface area (Å²) in [5.74, 6) is -1.95. The molecule has 0 bridgehead atoms. The highest BCUT2D eigenvalue weighted by Crippen LogP contribution is 2.51. The van der Waals surface area contributed by atoms with Gasteiger partial charge in [0.1, 0.15) is 6.61 Å². The van der Waals surface area contributed by atoms with E-state index < -0.39 is 22.5 Å². The molecule has 0 amide bonds. The molecule has 0 heterocycles. The van der Waals surface area contributed by atoms with Gasteiger partial charge < -0.3 is 4.74 Å². The Balaban J connectivity index is 2.07. The first kappa shape index (κ1) is 13.0. The molecule has 0 aromatic carbocycles. The van der Waals surface area contributed by atoms with Gasteiger partial charge in [0.2, 0.25) is 11.6 Å². The van der Waals surface area contributed by atoms with Gasteiger partial charge >= 0.3 is 5.97 Å². The molecule has 98 valence electrons. The Hall–Kier alpha value is -1.45. The fourth-order valence-corrected chi connectivity index (χ4v) is 2.44. The topological polar surface area (TPSA) is 60.4 Å². The molecule has 1 fully saturated rings. The zero-order valence-corrected chi connectivity index (χ0v) is 11.1. The van der Waals surface area contributed by atoms with Gasteiger partial charge in [-0.15, -0.1) is 0 Å². The van der Waals surface area contributed by atoms with Crippen molar-refractivity contribution in [2.24, 2.45) is 22.7 Å². The summed E-state index contributed by atoms with van der Waals surface area (Å²) in [5.41, 5.74) is -1.05. The van der Waals surface area contributed by atoms with E-state index >= 15 is 0 Å². The zero-order valence-electron chi connectivity index (χ0n) is 11.1. The first-order chi connectivity index (χ1) is 8.18. The summed E-state index contributed by atoms with van der Waals surface area (Å²) >= 11 is 0. The van der Waals surface area contributed by atoms with Gasteiger partial charge in [-0.1, -0.05) is 19.1 Å². The number of ether oxygens (including phenoxy) is 1. The molecule has 0 radical (unpaired) electrons. The van der Waals surface area contributed by atoms with E-state index in [0.717, 1.165) is 0 Å². The number of hydrogen-bond donors (Lipinski definition) is 0. The van der Waals surface area contributed by atoms with Crippen LogP contribution < -0.4 is 0 Å². The monoisotopic (exact) mass is 250 g/mol. The van der Waals surface area contributed by atoms with E-state index in [9.17, 15) is 14.4 Å². The summed E-state index contributed by atoms with van der Waals surface area (Å²) in [6.45, 7) is 7.13. The second kappa shape index (κ2) is 3.77. The smallest absolute Gasteiger partial charge is 0.311 e. The number of fused-ring (bicyclic) bond motifs is 1. The predicted octanol–water partition coefficient (Wildman–Crippen LogP) is 1.54. The van der Waals surface area contributed by atoms with Gasteiger partial charge in [-0.25, -0.2) is 0 Å². The SMILES string of the molecule is CC(C)(C)C(=O)OC[C@H]1C(=O)C(=O)[C@@H]2C=C[C@@]21C. The van der Waals surface area contributed by atoms with Gasteiger partial charge in [0.15, 0.2) is 0 Å². The second-order valence-electron chi connectivity index (χ2n) is 6.33. The van der Waals surface area contributed by atoms with E-state index in [1.165, 1.54) is 0 Å². The molecule has 0 spiro atoms. The molecule has 1 saturated carbocycles. The maximum absolute atomic E-state index is 11.9. The lowest BCUT2D eigenvalue weighted by Crippen LogP contribution is -2.37. The average Bonchev–Trinajstić information content (AvgIpc) is 2.35. The Labute approximate surface area is 106 Å². The normalized spacial score (nSPS) is 34.2. The van der Waals surface area contributed by atoms with E-state index in [2.05, 4.69) is 0 Å². The van der Waals surface area contributed by atoms with Crippen molar-refractivity contribution in [2.45, 2.75) is 27.7 Å². The number of allylic oxidation sites excluding steroid dienone is 2. The molecule has 18 heavy (non-hydrogen) atoms. The molecule has 0 aromatic heterocycles. The summed E-state index contributed by atoms with van der Waals surface area (Å²) < 4.78 is 5.18. The minimum absolute atomic E-state index is 0.00197. The molecular formula is C14H18O4. The summed E-state index contributed by atoms with van der Waals surface area (Å²) in [6, 6.07) is 0. The minimum Gasteiger partial charge on any atom is -0.464 e. The van der Waals surface area contributed by atoms with Gasteiger partial charge in [-0.2, -0.15) is 0 Å². The summed E-state index contributed by atoms with van der Waals surface area (Å²) in [4.78, 5) is 35.2. The van der Waals surface area contributed by atoms with Crippen molar-refractivity contribution in [2.75, 3.05) is 6.61 Å². The van der Waals surface area contributed by atoms with Crippen molar-refractivity contribution in [3.05, 3.63) is 12.2 Å². The van der Waals surface area contributed by atoms with Gasteiger partial charge in [-0.05, 0) is 20.8 Å². The van der Waals surface area contributed by atoms with Gasteiger partial charge in [0, 0.05) is 5.41 Å². The van der Waals surface area contributed by atoms with Gasteiger partial charge in [-0.3, -0.25) is 14.4 Å². The summed E-state index contributed by atoms with van der Waals surface area (Å²) in [6.07, 6.45) is 3.63. The molecule has 3 atom stereocenters. The van der Waals surface area contributed by atoms with E-state index in [-0.39, 0.29) is 24.3 Å². The lowest BCUT2D eigenvalue weighted by Gasteiger charge is -2.36. The first-order valence-electron chi connectivity index (χ1n) is 6.12. The summed E-state index contributed by atoms with van der Waals surface area (Å²) in [7, 11) is 0. The van der Waals surface area contributed by atoms with Crippen LogP contribution in [-0.4, -0.2) is 24.1 Å². The van der Waals surface area contributed by atoms with E-state index in [4.69, 9.17) is 4.74 Å². The van der Waals surface area contributed by atoms with Crippen LogP contribution >= 0.6 is 0 Å². The number of esters is 1. The standard InChI is InChI=1S/C14H18O4/c1-13(2,3)12(17)18-7-9-11(16)10(15)8-5-6-14(8,9)4/h5-6,8-9H,7H2,1-4H3/t8-,9-,14-/m0/s1. The Bertz CT molecular complexity index is 455. The van der Waals surface area contributed by atoms with Crippen molar-refractivity contribution >= 4 is 17.5 Å². The van der Waals surface area contributed by atoms with Gasteiger partial charge in [0.25, 0.3) is 0 Å². The van der Waals surface area contributed by atoms with E-state index in [1.807, 2.05) is 13.0 Å². The molecule has 0 saturated heterocycles. The first-order valence-corrected chi connectivity index (χ1v) is 6.12. The predicted molar refractivity (Wildman–Crippen MR) is 64.7 cm³/mol. The quantitative estimate of drug-likeness (QED) is 0.423. The van der Waals surface area contributed by atoms with Crippen molar-refractivity contribution in [1.82, 2.24) is 0 Å². The van der Waals surface area contributed by atoms with Crippen LogP contribution in [-0.2, 0) is 19.1 Å². The Morgan fingerprint density at radius 3 is 2.33 bits per heavy atom. The highest BCUT2D eigenvalue weighted by molar-refractivity contribution is 6.42. The molecule has 0 aromatic rings. The van der Waals surface area contributed by atoms with Crippen LogP contribution in [0, 0.1) is 22.7 Å². The van der Waals surface area contributed by atoms with Crippen LogP contribution in [0.2, 0.25) is 0 Å². The Kier molecular flexibility index (Phi) is 2.72. The molecule has 0 unspecified atom stereocenters. The number of carbonyl (C=O) groups is 3. The summed E-state index contributed by atoms with van der Waals surface area (Å²) in [5, 5.41) is 0. The lowest BCUT2D eigenvalue weighted by atomic mass is 9.66. The molecular weight excluding hydrogens is 232 g/mol. The maximum atomic E-state index is 11.9. The van der Waals surface area contributed by atoms with Crippen LogP contribution in [0.5, 0.6) is 0 Å². The molecule has 4 nitrogen and oxygen atoms in total. The fraction of sp³-hybridized carbons (Fsp3) is 0.643. The molecule has 4 heteroatoms. The molecule has 2 aliphatic rings. The maximum Gasteiger partial charge on any atom is 0.311 e. The number of hydrogen-bond acceptors (Lipinski definition) is 4. The van der Waals surface area contributed by atoms with E-state index in [1.54, 1.807) is 26.8 Å². The number of rotatable bonds is 2. The minimum atomic E-state index is -0.596. The van der Waals surface area contributed by atoms with Crippen LogP contribution in [0.1, 0.15) is 27.7 Å². The average molecular weight is 250 g/mol. The number of carbonyl (C=O) groups excluding carboxylic acids is 3. The van der Waals surface area contributed by atoms with Crippen LogP contribution in [0.4, 0.5) is 0 Å². The fourth-order valence-electron chi connectivity index (χ4n) is 2.44. The van der Waals surface area contributed by atoms with Crippen LogP contribution in [0.15, 0.2) is 12.2 Å². The third kappa shape index (κ3) is 1.71. The zero-order chi connectivity index (χ0) is 13.7. The van der Waals surface area contributed by atoms with E-state index in [0.29, 0.717) is 0 Å². The highest BCUT2D eigenvalue weighted by atomic mass is 16.5. The van der Waals surface area contributed by atoms with Crippen LogP contribution in [0.3, 0.4) is 0 Å². The molecule has 0 N–H and O–H groups in total. The lowest BCUT2D eigenvalue weighted by molar-refractivity contribution is -0.156. The third-order valence-electron chi connectivity index (χ3n) is 3.90. The number of Topliss-reactive ketones (excluding diaryl/α,β-unsaturated/α-hetero) is 2. The third-order valence-corrected chi connectivity index (χ3v) is 3.90. The van der Waals surface area contributed by atoms with Gasteiger partial charge in [0.05, 0.1) is 17.3 Å². The highest BCUT2D eigenvalue weighted by Gasteiger charge is 2.59. The van der Waals surface area contributed by atoms with Crippen LogP contribution in [0.25, 0.3) is 0 Å². The Morgan fingerprint density at radius 1 is 1.33 bits per heavy atom. The molecule has 0 aliphatic heterocycles. The largest absolute Gasteiger partial charge is 0.464 e. The molecule has 2 aliphatic carbocycles.